The molecule has 1 saturated carbocycles. The van der Waals surface area contributed by atoms with Crippen molar-refractivity contribution in [1.29, 1.82) is 0 Å². The highest BCUT2D eigenvalue weighted by Crippen LogP contribution is 2.33. The molecule has 0 atom stereocenters. The van der Waals surface area contributed by atoms with Crippen LogP contribution in [0.5, 0.6) is 0 Å². The Hall–Kier alpha value is -2.06. The first-order chi connectivity index (χ1) is 13.7. The van der Waals surface area contributed by atoms with Crippen LogP contribution in [0.25, 0.3) is 0 Å². The van der Waals surface area contributed by atoms with Crippen LogP contribution < -0.4 is 15.1 Å². The molecule has 2 N–H and O–H groups in total. The number of quaternary nitrogens is 1. The van der Waals surface area contributed by atoms with E-state index in [4.69, 9.17) is 0 Å². The number of urea groups is 1. The summed E-state index contributed by atoms with van der Waals surface area (Å²) in [4.78, 5) is 35.8. The Morgan fingerprint density at radius 3 is 2.46 bits per heavy atom. The molecule has 3 aliphatic rings. The van der Waals surface area contributed by atoms with Gasteiger partial charge in [0.05, 0.1) is 19.6 Å². The maximum atomic E-state index is 12.9. The Labute approximate surface area is 166 Å². The van der Waals surface area contributed by atoms with Gasteiger partial charge in [-0.1, -0.05) is 19.3 Å². The molecule has 2 aliphatic heterocycles. The predicted molar refractivity (Wildman–Crippen MR) is 107 cm³/mol. The standard InChI is InChI=1S/C20H30N6O2/c27-17-20(7-2-1-3-8-20)24-19(28)25(17)13-4-5-14-26(15-11-21-12-16-26)18-22-9-6-10-23-18/h6,9-10,21H,1-5,7-8,11-16H2/p+1. The minimum absolute atomic E-state index is 0.00494. The highest BCUT2D eigenvalue weighted by atomic mass is 16.2. The summed E-state index contributed by atoms with van der Waals surface area (Å²) in [6.45, 7) is 5.27. The van der Waals surface area contributed by atoms with E-state index in [2.05, 4.69) is 20.6 Å². The van der Waals surface area contributed by atoms with Crippen LogP contribution in [0.3, 0.4) is 0 Å². The fourth-order valence-electron chi connectivity index (χ4n) is 4.94. The van der Waals surface area contributed by atoms with Crippen LogP contribution in [-0.4, -0.2) is 71.6 Å². The third-order valence-corrected chi connectivity index (χ3v) is 6.58. The lowest BCUT2D eigenvalue weighted by Gasteiger charge is -2.39. The van der Waals surface area contributed by atoms with Crippen molar-refractivity contribution in [3.05, 3.63) is 18.5 Å². The number of aromatic nitrogens is 2. The van der Waals surface area contributed by atoms with Gasteiger partial charge >= 0.3 is 12.0 Å². The van der Waals surface area contributed by atoms with Crippen molar-refractivity contribution in [3.8, 4) is 0 Å². The fourth-order valence-corrected chi connectivity index (χ4v) is 4.94. The first-order valence-electron chi connectivity index (χ1n) is 10.6. The van der Waals surface area contributed by atoms with Gasteiger partial charge in [-0.05, 0) is 31.7 Å². The average molecular weight is 388 g/mol. The van der Waals surface area contributed by atoms with Gasteiger partial charge < -0.3 is 10.6 Å². The van der Waals surface area contributed by atoms with Gasteiger partial charge in [0.15, 0.2) is 0 Å². The molecular formula is C20H31N6O2+. The summed E-state index contributed by atoms with van der Waals surface area (Å²) >= 11 is 0. The van der Waals surface area contributed by atoms with Gasteiger partial charge in [-0.2, -0.15) is 9.97 Å². The van der Waals surface area contributed by atoms with E-state index in [1.165, 1.54) is 4.90 Å². The number of hydrogen-bond donors (Lipinski definition) is 2. The van der Waals surface area contributed by atoms with Crippen LogP contribution in [0, 0.1) is 0 Å². The molecule has 3 fully saturated rings. The lowest BCUT2D eigenvalue weighted by atomic mass is 9.82. The summed E-state index contributed by atoms with van der Waals surface area (Å²) in [5.74, 6) is 0.870. The third-order valence-electron chi connectivity index (χ3n) is 6.58. The fraction of sp³-hybridized carbons (Fsp3) is 0.700. The number of imide groups is 1. The Morgan fingerprint density at radius 1 is 1.04 bits per heavy atom. The van der Waals surface area contributed by atoms with Crippen LogP contribution in [-0.2, 0) is 4.79 Å². The molecule has 0 bridgehead atoms. The molecule has 0 unspecified atom stereocenters. The molecule has 1 aromatic heterocycles. The van der Waals surface area contributed by atoms with Gasteiger partial charge in [0.1, 0.15) is 5.54 Å². The first kappa shape index (κ1) is 19.3. The number of carbonyl (C=O) groups is 2. The molecule has 8 nitrogen and oxygen atoms in total. The van der Waals surface area contributed by atoms with Crippen LogP contribution in [0.2, 0.25) is 0 Å². The van der Waals surface area contributed by atoms with Crippen molar-refractivity contribution < 1.29 is 9.59 Å². The van der Waals surface area contributed by atoms with Crippen LogP contribution in [0.4, 0.5) is 10.7 Å². The lowest BCUT2D eigenvalue weighted by molar-refractivity contribution is -0.132. The Balaban J connectivity index is 1.34. The average Bonchev–Trinajstić information content (AvgIpc) is 2.96. The number of carbonyl (C=O) groups excluding carboxylic acids is 2. The summed E-state index contributed by atoms with van der Waals surface area (Å²) < 4.78 is 0.776. The molecule has 1 aromatic rings. The quantitative estimate of drug-likeness (QED) is 0.438. The van der Waals surface area contributed by atoms with E-state index in [9.17, 15) is 9.59 Å². The molecule has 8 heteroatoms. The molecular weight excluding hydrogens is 356 g/mol. The van der Waals surface area contributed by atoms with E-state index in [1.807, 2.05) is 6.07 Å². The van der Waals surface area contributed by atoms with Crippen molar-refractivity contribution in [1.82, 2.24) is 30.0 Å². The molecule has 152 valence electrons. The maximum Gasteiger partial charge on any atom is 0.328 e. The Bertz CT molecular complexity index is 698. The largest absolute Gasteiger partial charge is 0.328 e. The van der Waals surface area contributed by atoms with Gasteiger partial charge in [0.2, 0.25) is 0 Å². The Morgan fingerprint density at radius 2 is 1.75 bits per heavy atom. The van der Waals surface area contributed by atoms with Crippen LogP contribution in [0.1, 0.15) is 44.9 Å². The van der Waals surface area contributed by atoms with E-state index in [0.29, 0.717) is 6.54 Å². The van der Waals surface area contributed by atoms with Crippen molar-refractivity contribution >= 4 is 17.9 Å². The first-order valence-corrected chi connectivity index (χ1v) is 10.6. The predicted octanol–water partition coefficient (Wildman–Crippen LogP) is 1.42. The number of hydrogen-bond acceptors (Lipinski definition) is 5. The second-order valence-corrected chi connectivity index (χ2v) is 8.35. The van der Waals surface area contributed by atoms with E-state index in [0.717, 1.165) is 88.1 Å². The number of nitrogens with zero attached hydrogens (tertiary/aromatic N) is 4. The normalized spacial score (nSPS) is 23.8. The van der Waals surface area contributed by atoms with E-state index in [-0.39, 0.29) is 11.9 Å². The minimum atomic E-state index is -0.612. The van der Waals surface area contributed by atoms with E-state index < -0.39 is 5.54 Å². The van der Waals surface area contributed by atoms with Gasteiger partial charge in [0, 0.05) is 32.0 Å². The number of nitrogens with one attached hydrogen (secondary N) is 2. The highest BCUT2D eigenvalue weighted by molar-refractivity contribution is 6.07. The summed E-state index contributed by atoms with van der Waals surface area (Å²) in [6, 6.07) is 1.64. The van der Waals surface area contributed by atoms with Crippen LogP contribution in [0.15, 0.2) is 18.5 Å². The Kier molecular flexibility index (Phi) is 5.59. The monoisotopic (exact) mass is 387 g/mol. The molecule has 0 aromatic carbocycles. The zero-order valence-corrected chi connectivity index (χ0v) is 16.5. The third kappa shape index (κ3) is 3.63. The van der Waals surface area contributed by atoms with Gasteiger partial charge in [-0.3, -0.25) is 14.2 Å². The van der Waals surface area contributed by atoms with Crippen LogP contribution >= 0.6 is 0 Å². The van der Waals surface area contributed by atoms with Gasteiger partial charge in [-0.15, -0.1) is 0 Å². The lowest BCUT2D eigenvalue weighted by Crippen LogP contribution is -2.61. The van der Waals surface area contributed by atoms with Crippen molar-refractivity contribution in [2.45, 2.75) is 50.5 Å². The molecule has 3 heterocycles. The molecule has 3 amide bonds. The molecule has 1 aliphatic carbocycles. The second-order valence-electron chi connectivity index (χ2n) is 8.35. The molecule has 1 spiro atoms. The maximum absolute atomic E-state index is 12.9. The van der Waals surface area contributed by atoms with E-state index >= 15 is 0 Å². The minimum Gasteiger partial charge on any atom is -0.323 e. The zero-order valence-electron chi connectivity index (χ0n) is 16.5. The number of rotatable bonds is 6. The zero-order chi connectivity index (χ0) is 19.5. The van der Waals surface area contributed by atoms with Crippen molar-refractivity contribution in [2.75, 3.05) is 39.3 Å². The SMILES string of the molecule is O=C1NC2(CCCCC2)C(=O)N1CCCC[N+]1(c2ncccn2)CCNCC1. The summed E-state index contributed by atoms with van der Waals surface area (Å²) in [7, 11) is 0. The second kappa shape index (κ2) is 8.13. The van der Waals surface area contributed by atoms with Crippen molar-refractivity contribution in [2.24, 2.45) is 0 Å². The van der Waals surface area contributed by atoms with Gasteiger partial charge in [0.25, 0.3) is 5.91 Å². The van der Waals surface area contributed by atoms with E-state index in [1.54, 1.807) is 12.4 Å². The smallest absolute Gasteiger partial charge is 0.323 e. The molecule has 28 heavy (non-hydrogen) atoms. The highest BCUT2D eigenvalue weighted by Gasteiger charge is 2.50. The summed E-state index contributed by atoms with van der Waals surface area (Å²) in [6.07, 6.45) is 10.1. The number of unbranched alkanes of at least 4 members (excludes halogenated alkanes) is 1. The summed E-state index contributed by atoms with van der Waals surface area (Å²) in [5.41, 5.74) is -0.612. The molecule has 4 rings (SSSR count). The number of piperazine rings is 1. The van der Waals surface area contributed by atoms with Gasteiger partial charge in [-0.25, -0.2) is 4.79 Å². The molecule has 0 radical (unpaired) electrons. The van der Waals surface area contributed by atoms with Crippen molar-refractivity contribution in [3.63, 3.8) is 0 Å². The number of amides is 3. The summed E-state index contributed by atoms with van der Waals surface area (Å²) in [5, 5.41) is 6.41. The topological polar surface area (TPSA) is 87.2 Å². The molecule has 2 saturated heterocycles.